The maximum atomic E-state index is 13.3. The number of nitrogens with zero attached hydrogens (tertiary/aromatic N) is 2. The second-order valence-corrected chi connectivity index (χ2v) is 8.01. The Morgan fingerprint density at radius 2 is 1.90 bits per heavy atom. The third-order valence-corrected chi connectivity index (χ3v) is 5.89. The van der Waals surface area contributed by atoms with E-state index in [-0.39, 0.29) is 24.0 Å². The second kappa shape index (κ2) is 9.27. The van der Waals surface area contributed by atoms with Crippen LogP contribution in [0.4, 0.5) is 0 Å². The Labute approximate surface area is 182 Å². The van der Waals surface area contributed by atoms with Gasteiger partial charge in [-0.25, -0.2) is 0 Å². The van der Waals surface area contributed by atoms with E-state index in [0.29, 0.717) is 26.0 Å². The van der Waals surface area contributed by atoms with Crippen LogP contribution in [-0.2, 0) is 22.4 Å². The molecule has 160 valence electrons. The molecule has 0 saturated carbocycles. The number of likely N-dealkylation sites (N-methyl/N-ethyl adjacent to an activating group) is 1. The van der Waals surface area contributed by atoms with Crippen LogP contribution in [0.25, 0.3) is 11.3 Å². The number of amides is 1. The van der Waals surface area contributed by atoms with Crippen molar-refractivity contribution in [3.05, 3.63) is 77.2 Å². The Hall–Kier alpha value is -3.25. The number of carbonyl (C=O) groups is 2. The first kappa shape index (κ1) is 21.0. The van der Waals surface area contributed by atoms with Gasteiger partial charge in [0.2, 0.25) is 5.91 Å². The molecular weight excluding hydrogens is 390 g/mol. The lowest BCUT2D eigenvalue weighted by atomic mass is 9.83. The van der Waals surface area contributed by atoms with Crippen LogP contribution >= 0.6 is 0 Å². The number of H-pyrrole nitrogens is 1. The van der Waals surface area contributed by atoms with Crippen LogP contribution in [0.1, 0.15) is 33.6 Å². The van der Waals surface area contributed by atoms with E-state index in [4.69, 9.17) is 4.74 Å². The lowest BCUT2D eigenvalue weighted by Crippen LogP contribution is -2.38. The molecular formula is C25H27N3O3. The van der Waals surface area contributed by atoms with E-state index in [1.165, 1.54) is 0 Å². The van der Waals surface area contributed by atoms with E-state index in [1.54, 1.807) is 31.5 Å². The molecule has 3 aromatic rings. The van der Waals surface area contributed by atoms with E-state index >= 15 is 0 Å². The highest BCUT2D eigenvalue weighted by Crippen LogP contribution is 2.36. The van der Waals surface area contributed by atoms with Gasteiger partial charge < -0.3 is 14.6 Å². The van der Waals surface area contributed by atoms with E-state index in [9.17, 15) is 9.59 Å². The number of aromatic amines is 1. The largest absolute Gasteiger partial charge is 0.383 e. The number of ketones is 1. The summed E-state index contributed by atoms with van der Waals surface area (Å²) in [5.41, 5.74) is 5.67. The number of rotatable bonds is 7. The number of pyridine rings is 1. The van der Waals surface area contributed by atoms with Gasteiger partial charge in [0.05, 0.1) is 18.2 Å². The van der Waals surface area contributed by atoms with Gasteiger partial charge in [-0.3, -0.25) is 14.6 Å². The number of Topliss-reactive ketones (excluding diaryl/α,β-unsaturated/α-hetero) is 1. The van der Waals surface area contributed by atoms with Crippen molar-refractivity contribution in [1.82, 2.24) is 14.9 Å². The summed E-state index contributed by atoms with van der Waals surface area (Å²) in [6.45, 7) is 0.989. The average Bonchev–Trinajstić information content (AvgIpc) is 3.17. The number of ether oxygens (including phenoxy) is 1. The molecule has 0 radical (unpaired) electrons. The standard InChI is InChI=1S/C25H27N3O3/c1-28(12-13-31-2)25(30)19-15-21-23(22(29)16-19)20(14-17-6-4-3-5-7-17)24(27-21)18-8-10-26-11-9-18/h3-11,19,27H,12-16H2,1-2H3. The van der Waals surface area contributed by atoms with Gasteiger partial charge >= 0.3 is 0 Å². The zero-order valence-corrected chi connectivity index (χ0v) is 17.9. The molecule has 0 saturated heterocycles. The summed E-state index contributed by atoms with van der Waals surface area (Å²) in [5.74, 6) is -0.335. The fraction of sp³-hybridized carbons (Fsp3) is 0.320. The van der Waals surface area contributed by atoms with Gasteiger partial charge in [0.15, 0.2) is 5.78 Å². The topological polar surface area (TPSA) is 75.3 Å². The Bertz CT molecular complexity index is 1060. The van der Waals surface area contributed by atoms with Gasteiger partial charge in [-0.15, -0.1) is 0 Å². The summed E-state index contributed by atoms with van der Waals surface area (Å²) < 4.78 is 5.08. The van der Waals surface area contributed by atoms with Crippen LogP contribution < -0.4 is 0 Å². The van der Waals surface area contributed by atoms with Gasteiger partial charge in [0, 0.05) is 69.2 Å². The summed E-state index contributed by atoms with van der Waals surface area (Å²) >= 11 is 0. The summed E-state index contributed by atoms with van der Waals surface area (Å²) in [7, 11) is 3.38. The monoisotopic (exact) mass is 417 g/mol. The van der Waals surface area contributed by atoms with Crippen LogP contribution in [0.15, 0.2) is 54.9 Å². The normalized spacial score (nSPS) is 15.5. The number of methoxy groups -OCH3 is 1. The fourth-order valence-corrected chi connectivity index (χ4v) is 4.30. The third kappa shape index (κ3) is 4.44. The summed E-state index contributed by atoms with van der Waals surface area (Å²) in [6.07, 6.45) is 4.92. The number of benzene rings is 1. The highest BCUT2D eigenvalue weighted by molar-refractivity contribution is 6.04. The lowest BCUT2D eigenvalue weighted by Gasteiger charge is -2.26. The molecule has 6 heteroatoms. The minimum absolute atomic E-state index is 0.0132. The second-order valence-electron chi connectivity index (χ2n) is 8.01. The van der Waals surface area contributed by atoms with Crippen molar-refractivity contribution in [2.75, 3.05) is 27.3 Å². The fourth-order valence-electron chi connectivity index (χ4n) is 4.30. The quantitative estimate of drug-likeness (QED) is 0.638. The SMILES string of the molecule is COCCN(C)C(=O)C1CC(=O)c2c([nH]c(-c3ccncc3)c2Cc2ccccc2)C1. The van der Waals surface area contributed by atoms with Crippen molar-refractivity contribution in [2.45, 2.75) is 19.3 Å². The predicted octanol–water partition coefficient (Wildman–Crippen LogP) is 3.52. The number of hydrogen-bond donors (Lipinski definition) is 1. The molecule has 31 heavy (non-hydrogen) atoms. The average molecular weight is 418 g/mol. The third-order valence-electron chi connectivity index (χ3n) is 5.89. The summed E-state index contributed by atoms with van der Waals surface area (Å²) in [6, 6.07) is 14.0. The molecule has 4 rings (SSSR count). The maximum absolute atomic E-state index is 13.3. The minimum atomic E-state index is -0.352. The molecule has 6 nitrogen and oxygen atoms in total. The molecule has 1 N–H and O–H groups in total. The molecule has 0 fully saturated rings. The van der Waals surface area contributed by atoms with Crippen molar-refractivity contribution in [1.29, 1.82) is 0 Å². The van der Waals surface area contributed by atoms with Crippen molar-refractivity contribution >= 4 is 11.7 Å². The molecule has 1 aliphatic carbocycles. The first-order valence-corrected chi connectivity index (χ1v) is 10.5. The van der Waals surface area contributed by atoms with Crippen molar-refractivity contribution < 1.29 is 14.3 Å². The number of nitrogens with one attached hydrogen (secondary N) is 1. The Morgan fingerprint density at radius 3 is 2.61 bits per heavy atom. The molecule has 1 amide bonds. The van der Waals surface area contributed by atoms with Gasteiger partial charge in [0.25, 0.3) is 0 Å². The smallest absolute Gasteiger partial charge is 0.226 e. The van der Waals surface area contributed by atoms with E-state index < -0.39 is 0 Å². The van der Waals surface area contributed by atoms with Gasteiger partial charge in [-0.2, -0.15) is 0 Å². The van der Waals surface area contributed by atoms with Crippen LogP contribution in [0.2, 0.25) is 0 Å². The molecule has 1 atom stereocenters. The number of carbonyl (C=O) groups excluding carboxylic acids is 2. The van der Waals surface area contributed by atoms with Crippen LogP contribution in [0.3, 0.4) is 0 Å². The van der Waals surface area contributed by atoms with Crippen molar-refractivity contribution in [2.24, 2.45) is 5.92 Å². The van der Waals surface area contributed by atoms with Crippen molar-refractivity contribution in [3.8, 4) is 11.3 Å². The Kier molecular flexibility index (Phi) is 6.28. The molecule has 2 heterocycles. The highest BCUT2D eigenvalue weighted by Gasteiger charge is 2.35. The Balaban J connectivity index is 1.70. The number of hydrogen-bond acceptors (Lipinski definition) is 4. The van der Waals surface area contributed by atoms with Gasteiger partial charge in [0.1, 0.15) is 0 Å². The van der Waals surface area contributed by atoms with E-state index in [2.05, 4.69) is 22.1 Å². The molecule has 1 aromatic carbocycles. The van der Waals surface area contributed by atoms with E-state index in [1.807, 2.05) is 30.3 Å². The van der Waals surface area contributed by atoms with E-state index in [0.717, 1.165) is 33.6 Å². The molecule has 0 bridgehead atoms. The number of fused-ring (bicyclic) bond motifs is 1. The highest BCUT2D eigenvalue weighted by atomic mass is 16.5. The van der Waals surface area contributed by atoms with Gasteiger partial charge in [-0.05, 0) is 23.3 Å². The summed E-state index contributed by atoms with van der Waals surface area (Å²) in [4.78, 5) is 35.4. The predicted molar refractivity (Wildman–Crippen MR) is 119 cm³/mol. The van der Waals surface area contributed by atoms with Crippen LogP contribution in [-0.4, -0.2) is 53.9 Å². The minimum Gasteiger partial charge on any atom is -0.383 e. The maximum Gasteiger partial charge on any atom is 0.226 e. The molecule has 2 aromatic heterocycles. The first-order valence-electron chi connectivity index (χ1n) is 10.5. The summed E-state index contributed by atoms with van der Waals surface area (Å²) in [5, 5.41) is 0. The molecule has 1 unspecified atom stereocenters. The molecule has 0 aliphatic heterocycles. The van der Waals surface area contributed by atoms with Crippen molar-refractivity contribution in [3.63, 3.8) is 0 Å². The van der Waals surface area contributed by atoms with Gasteiger partial charge in [-0.1, -0.05) is 30.3 Å². The number of aromatic nitrogens is 2. The lowest BCUT2D eigenvalue weighted by molar-refractivity contribution is -0.134. The van der Waals surface area contributed by atoms with Crippen LogP contribution in [0, 0.1) is 5.92 Å². The Morgan fingerprint density at radius 1 is 1.16 bits per heavy atom. The first-order chi connectivity index (χ1) is 15.1. The van der Waals surface area contributed by atoms with Crippen LogP contribution in [0.5, 0.6) is 0 Å². The molecule has 1 aliphatic rings. The zero-order valence-electron chi connectivity index (χ0n) is 17.9. The zero-order chi connectivity index (χ0) is 21.8. The molecule has 0 spiro atoms.